The van der Waals surface area contributed by atoms with Crippen LogP contribution >= 0.6 is 0 Å². The third-order valence-corrected chi connectivity index (χ3v) is 8.46. The molecule has 198 valence electrons. The summed E-state index contributed by atoms with van der Waals surface area (Å²) in [6.45, 7) is 5.73. The summed E-state index contributed by atoms with van der Waals surface area (Å²) in [5.41, 5.74) is 3.07. The smallest absolute Gasteiger partial charge is 0.302 e. The number of hydrogen-bond acceptors (Lipinski definition) is 4. The van der Waals surface area contributed by atoms with E-state index in [2.05, 4.69) is 31.2 Å². The van der Waals surface area contributed by atoms with Gasteiger partial charge in [0.25, 0.3) is 0 Å². The molecule has 1 saturated carbocycles. The molecule has 0 amide bonds. The average Bonchev–Trinajstić information content (AvgIpc) is 2.88. The van der Waals surface area contributed by atoms with Gasteiger partial charge in [-0.1, -0.05) is 50.5 Å². The summed E-state index contributed by atoms with van der Waals surface area (Å²) in [5.74, 6) is 2.44. The van der Waals surface area contributed by atoms with E-state index in [0.717, 1.165) is 31.3 Å². The molecule has 1 aromatic carbocycles. The van der Waals surface area contributed by atoms with E-state index in [1.54, 1.807) is 12.7 Å². The van der Waals surface area contributed by atoms with E-state index < -0.39 is 0 Å². The van der Waals surface area contributed by atoms with Crippen LogP contribution in [0.3, 0.4) is 0 Å². The molecule has 35 heavy (non-hydrogen) atoms. The van der Waals surface area contributed by atoms with Crippen LogP contribution in [-0.2, 0) is 25.4 Å². The highest BCUT2D eigenvalue weighted by atomic mass is 16.5. The fourth-order valence-corrected chi connectivity index (χ4v) is 6.16. The van der Waals surface area contributed by atoms with Crippen molar-refractivity contribution in [2.45, 2.75) is 109 Å². The van der Waals surface area contributed by atoms with Crippen LogP contribution < -0.4 is 0 Å². The zero-order chi connectivity index (χ0) is 24.9. The van der Waals surface area contributed by atoms with Gasteiger partial charge in [-0.3, -0.25) is 4.79 Å². The van der Waals surface area contributed by atoms with Gasteiger partial charge >= 0.3 is 5.97 Å². The molecule has 0 aromatic heterocycles. The van der Waals surface area contributed by atoms with Crippen LogP contribution in [0.1, 0.15) is 108 Å². The Labute approximate surface area is 214 Å². The highest BCUT2D eigenvalue weighted by Gasteiger charge is 2.29. The van der Waals surface area contributed by atoms with Gasteiger partial charge in [0.1, 0.15) is 0 Å². The molecule has 1 saturated heterocycles. The second-order valence-corrected chi connectivity index (χ2v) is 11.2. The van der Waals surface area contributed by atoms with Gasteiger partial charge in [0, 0.05) is 26.6 Å². The van der Waals surface area contributed by atoms with Crippen molar-refractivity contribution in [3.05, 3.63) is 35.4 Å². The Morgan fingerprint density at radius 1 is 1.00 bits per heavy atom. The Bertz CT molecular complexity index is 699. The van der Waals surface area contributed by atoms with E-state index in [4.69, 9.17) is 14.2 Å². The van der Waals surface area contributed by atoms with Crippen LogP contribution in [0.2, 0.25) is 0 Å². The number of unbranched alkanes of at least 4 members (excludes halogenated alkanes) is 2. The number of rotatable bonds is 14. The summed E-state index contributed by atoms with van der Waals surface area (Å²) >= 11 is 0. The van der Waals surface area contributed by atoms with Crippen LogP contribution in [0.25, 0.3) is 0 Å². The second kappa shape index (κ2) is 15.7. The Balaban J connectivity index is 1.32. The van der Waals surface area contributed by atoms with Gasteiger partial charge in [0.05, 0.1) is 19.3 Å². The summed E-state index contributed by atoms with van der Waals surface area (Å²) in [4.78, 5) is 11.1. The van der Waals surface area contributed by atoms with Crippen LogP contribution in [0, 0.1) is 17.8 Å². The molecule has 2 fully saturated rings. The normalized spacial score (nSPS) is 25.8. The van der Waals surface area contributed by atoms with Crippen molar-refractivity contribution in [3.63, 3.8) is 0 Å². The van der Waals surface area contributed by atoms with Crippen molar-refractivity contribution < 1.29 is 19.0 Å². The van der Waals surface area contributed by atoms with Gasteiger partial charge in [-0.25, -0.2) is 0 Å². The third-order valence-electron chi connectivity index (χ3n) is 8.46. The van der Waals surface area contributed by atoms with Crippen molar-refractivity contribution in [2.75, 3.05) is 26.9 Å². The predicted octanol–water partition coefficient (Wildman–Crippen LogP) is 7.48. The van der Waals surface area contributed by atoms with Crippen molar-refractivity contribution in [2.24, 2.45) is 17.8 Å². The monoisotopic (exact) mass is 486 g/mol. The molecule has 0 bridgehead atoms. The third kappa shape index (κ3) is 9.88. The number of carbonyl (C=O) groups is 1. The quantitative estimate of drug-likeness (QED) is 0.202. The van der Waals surface area contributed by atoms with Gasteiger partial charge in [-0.15, -0.1) is 0 Å². The molecule has 0 radical (unpaired) electrons. The highest BCUT2D eigenvalue weighted by molar-refractivity contribution is 5.65. The molecule has 3 rings (SSSR count). The first-order valence-corrected chi connectivity index (χ1v) is 14.4. The first kappa shape index (κ1) is 28.2. The van der Waals surface area contributed by atoms with Gasteiger partial charge in [0.2, 0.25) is 0 Å². The molecule has 1 heterocycles. The van der Waals surface area contributed by atoms with Crippen molar-refractivity contribution >= 4 is 5.97 Å². The van der Waals surface area contributed by atoms with Gasteiger partial charge in [0.15, 0.2) is 0 Å². The lowest BCUT2D eigenvalue weighted by Crippen LogP contribution is -2.35. The van der Waals surface area contributed by atoms with Crippen molar-refractivity contribution in [1.82, 2.24) is 0 Å². The van der Waals surface area contributed by atoms with E-state index in [9.17, 15) is 4.79 Å². The summed E-state index contributed by atoms with van der Waals surface area (Å²) in [6.07, 6.45) is 16.7. The molecular weight excluding hydrogens is 436 g/mol. The van der Waals surface area contributed by atoms with Crippen LogP contribution in [0.15, 0.2) is 24.3 Å². The lowest BCUT2D eigenvalue weighted by atomic mass is 9.76. The minimum absolute atomic E-state index is 0.212. The number of ether oxygens (including phenoxy) is 3. The van der Waals surface area contributed by atoms with E-state index in [0.29, 0.717) is 25.0 Å². The van der Waals surface area contributed by atoms with E-state index >= 15 is 0 Å². The SMILES string of the molecule is CCCCCc1ccc(C2CCC(CCC3CCC(C(CCOC(C)=O)COC)OC3)CC2)cc1. The molecule has 0 N–H and O–H groups in total. The molecular formula is C31H50O4. The largest absolute Gasteiger partial charge is 0.466 e. The number of benzene rings is 1. The molecule has 4 nitrogen and oxygen atoms in total. The molecule has 1 aliphatic carbocycles. The molecule has 1 aromatic rings. The first-order chi connectivity index (χ1) is 17.1. The molecule has 3 atom stereocenters. The predicted molar refractivity (Wildman–Crippen MR) is 143 cm³/mol. The standard InChI is InChI=1S/C31H50O4/c1-4-5-6-7-25-10-15-28(16-11-25)29-17-12-26(13-18-29)8-9-27-14-19-31(35-22-27)30(23-33-3)20-21-34-24(2)32/h10-11,15-16,26-27,29-31H,4-9,12-14,17-23H2,1-3H3. The summed E-state index contributed by atoms with van der Waals surface area (Å²) in [5, 5.41) is 0. The highest BCUT2D eigenvalue weighted by Crippen LogP contribution is 2.39. The van der Waals surface area contributed by atoms with E-state index in [1.165, 1.54) is 83.1 Å². The number of methoxy groups -OCH3 is 1. The van der Waals surface area contributed by atoms with Crippen molar-refractivity contribution in [3.8, 4) is 0 Å². The maximum absolute atomic E-state index is 11.1. The maximum atomic E-state index is 11.1. The lowest BCUT2D eigenvalue weighted by Gasteiger charge is -2.35. The van der Waals surface area contributed by atoms with Gasteiger partial charge < -0.3 is 14.2 Å². The second-order valence-electron chi connectivity index (χ2n) is 11.2. The van der Waals surface area contributed by atoms with Gasteiger partial charge in [-0.2, -0.15) is 0 Å². The molecule has 1 aliphatic heterocycles. The molecule has 4 heteroatoms. The Kier molecular flexibility index (Phi) is 12.6. The average molecular weight is 487 g/mol. The minimum atomic E-state index is -0.212. The Hall–Kier alpha value is -1.39. The summed E-state index contributed by atoms with van der Waals surface area (Å²) in [6, 6.07) is 9.57. The number of carbonyl (C=O) groups excluding carboxylic acids is 1. The summed E-state index contributed by atoms with van der Waals surface area (Å²) in [7, 11) is 1.74. The van der Waals surface area contributed by atoms with E-state index in [-0.39, 0.29) is 12.1 Å². The molecule has 3 unspecified atom stereocenters. The first-order valence-electron chi connectivity index (χ1n) is 14.4. The van der Waals surface area contributed by atoms with Crippen LogP contribution in [-0.4, -0.2) is 39.0 Å². The van der Waals surface area contributed by atoms with E-state index in [1.807, 2.05) is 0 Å². The topological polar surface area (TPSA) is 44.8 Å². The lowest BCUT2D eigenvalue weighted by molar-refractivity contribution is -0.142. The molecule has 2 aliphatic rings. The fraction of sp³-hybridized carbons (Fsp3) is 0.774. The van der Waals surface area contributed by atoms with Crippen LogP contribution in [0.4, 0.5) is 0 Å². The van der Waals surface area contributed by atoms with Crippen LogP contribution in [0.5, 0.6) is 0 Å². The van der Waals surface area contributed by atoms with Crippen molar-refractivity contribution in [1.29, 1.82) is 0 Å². The zero-order valence-corrected chi connectivity index (χ0v) is 22.6. The number of aryl methyl sites for hydroxylation is 1. The number of hydrogen-bond donors (Lipinski definition) is 0. The zero-order valence-electron chi connectivity index (χ0n) is 22.6. The minimum Gasteiger partial charge on any atom is -0.466 e. The van der Waals surface area contributed by atoms with Gasteiger partial charge in [-0.05, 0) is 93.1 Å². The number of esters is 1. The Morgan fingerprint density at radius 3 is 2.34 bits per heavy atom. The molecule has 0 spiro atoms. The summed E-state index contributed by atoms with van der Waals surface area (Å²) < 4.78 is 16.9. The maximum Gasteiger partial charge on any atom is 0.302 e. The fourth-order valence-electron chi connectivity index (χ4n) is 6.16. The Morgan fingerprint density at radius 2 is 1.71 bits per heavy atom.